The second kappa shape index (κ2) is 10.8. The second-order valence-electron chi connectivity index (χ2n) is 9.04. The summed E-state index contributed by atoms with van der Waals surface area (Å²) in [6.07, 6.45) is 11.7. The predicted octanol–water partition coefficient (Wildman–Crippen LogP) is 4.09. The molecule has 1 aliphatic rings. The van der Waals surface area contributed by atoms with E-state index in [1.54, 1.807) is 6.20 Å². The summed E-state index contributed by atoms with van der Waals surface area (Å²) in [7, 11) is 0. The fraction of sp³-hybridized carbons (Fsp3) is 0.207. The van der Waals surface area contributed by atoms with Gasteiger partial charge in [0.1, 0.15) is 0 Å². The molecule has 0 spiro atoms. The molecule has 1 fully saturated rings. The van der Waals surface area contributed by atoms with E-state index in [0.717, 1.165) is 47.0 Å². The first kappa shape index (κ1) is 23.9. The average molecular weight is 537 g/mol. The third-order valence-electron chi connectivity index (χ3n) is 6.76. The predicted molar refractivity (Wildman–Crippen MR) is 147 cm³/mol. The number of H-pyrrole nitrogens is 1. The number of likely N-dealkylation sites (tertiary alicyclic amines) is 1. The van der Waals surface area contributed by atoms with Gasteiger partial charge < -0.3 is 0 Å². The molecule has 180 valence electrons. The van der Waals surface area contributed by atoms with Gasteiger partial charge in [0.05, 0.1) is 0 Å². The van der Waals surface area contributed by atoms with Crippen LogP contribution >= 0.6 is 0 Å². The number of anilines is 1. The van der Waals surface area contributed by atoms with Crippen LogP contribution in [0.2, 0.25) is 0 Å². The number of hydrogen-bond donors (Lipinski definition) is 2. The van der Waals surface area contributed by atoms with Crippen LogP contribution in [0.4, 0.5) is 10.5 Å². The first-order valence-electron chi connectivity index (χ1n) is 12.1. The van der Waals surface area contributed by atoms with E-state index in [1.807, 2.05) is 47.6 Å². The summed E-state index contributed by atoms with van der Waals surface area (Å²) in [6.45, 7) is 3.61. The van der Waals surface area contributed by atoms with E-state index >= 15 is 0 Å². The summed E-state index contributed by atoms with van der Waals surface area (Å²) >= 11 is -0.728. The zero-order valence-corrected chi connectivity index (χ0v) is 22.3. The minimum absolute atomic E-state index is 0.0444. The van der Waals surface area contributed by atoms with E-state index in [9.17, 15) is 10.1 Å². The number of amides is 2. The molecule has 0 aliphatic carbocycles. The van der Waals surface area contributed by atoms with E-state index < -0.39 is 15.8 Å². The Bertz CT molecular complexity index is 1450. The summed E-state index contributed by atoms with van der Waals surface area (Å²) in [4.78, 5) is 22.1. The zero-order valence-electron chi connectivity index (χ0n) is 20.2. The molecule has 1 saturated heterocycles. The van der Waals surface area contributed by atoms with Crippen molar-refractivity contribution < 1.29 is 4.79 Å². The van der Waals surface area contributed by atoms with Crippen LogP contribution < -0.4 is 14.0 Å². The van der Waals surface area contributed by atoms with Gasteiger partial charge in [0.2, 0.25) is 0 Å². The van der Waals surface area contributed by atoms with Crippen LogP contribution in [0.15, 0.2) is 73.2 Å². The number of fused-ring (bicyclic) bond motifs is 1. The third-order valence-corrected chi connectivity index (χ3v) is 10.2. The molecule has 2 amide bonds. The normalized spacial score (nSPS) is 14.6. The van der Waals surface area contributed by atoms with E-state index in [2.05, 4.69) is 58.6 Å². The van der Waals surface area contributed by atoms with E-state index in [-0.39, 0.29) is 6.03 Å². The van der Waals surface area contributed by atoms with Crippen molar-refractivity contribution in [1.82, 2.24) is 14.9 Å². The van der Waals surface area contributed by atoms with Gasteiger partial charge in [-0.3, -0.25) is 0 Å². The number of allylic oxidation sites excluding steroid dienone is 1. The van der Waals surface area contributed by atoms with E-state index in [0.29, 0.717) is 11.5 Å². The molecule has 5 rings (SSSR count). The molecule has 0 radical (unpaired) electrons. The Morgan fingerprint density at radius 1 is 1.17 bits per heavy atom. The average Bonchev–Trinajstić information content (AvgIpc) is 3.40. The molecule has 3 heterocycles. The molecule has 1 unspecified atom stereocenters. The Kier molecular flexibility index (Phi) is 7.20. The molecule has 36 heavy (non-hydrogen) atoms. The van der Waals surface area contributed by atoms with Crippen molar-refractivity contribution in [2.45, 2.75) is 19.8 Å². The van der Waals surface area contributed by atoms with Crippen molar-refractivity contribution in [3.8, 4) is 6.07 Å². The van der Waals surface area contributed by atoms with Gasteiger partial charge in [-0.1, -0.05) is 18.2 Å². The van der Waals surface area contributed by atoms with Crippen molar-refractivity contribution in [2.75, 3.05) is 18.4 Å². The van der Waals surface area contributed by atoms with Crippen LogP contribution in [0.1, 0.15) is 29.5 Å². The molecular formula is C29H28AsN5O. The van der Waals surface area contributed by atoms with Gasteiger partial charge in [0.15, 0.2) is 0 Å². The molecule has 0 bridgehead atoms. The number of urea groups is 1. The molecule has 2 aromatic heterocycles. The number of aromatic amines is 1. The summed E-state index contributed by atoms with van der Waals surface area (Å²) in [5.41, 5.74) is 4.94. The number of aryl methyl sites for hydroxylation is 1. The first-order chi connectivity index (χ1) is 17.6. The summed E-state index contributed by atoms with van der Waals surface area (Å²) in [5.74, 6) is 0.391. The number of carbonyl (C=O) groups excluding carboxylic acids is 1. The number of rotatable bonds is 5. The van der Waals surface area contributed by atoms with Crippen molar-refractivity contribution in [3.05, 3.63) is 89.9 Å². The number of hydrogen-bond acceptors (Lipinski definition) is 3. The number of benzene rings is 2. The van der Waals surface area contributed by atoms with Crippen molar-refractivity contribution in [3.63, 3.8) is 0 Å². The van der Waals surface area contributed by atoms with Crippen molar-refractivity contribution in [2.24, 2.45) is 5.92 Å². The minimum atomic E-state index is -0.728. The van der Waals surface area contributed by atoms with Crippen LogP contribution in [-0.2, 0) is 0 Å². The van der Waals surface area contributed by atoms with Crippen LogP contribution in [0.25, 0.3) is 17.0 Å². The maximum atomic E-state index is 12.6. The Hall–Kier alpha value is -3.81. The van der Waals surface area contributed by atoms with Crippen LogP contribution in [0.3, 0.4) is 0 Å². The molecule has 0 saturated carbocycles. The first-order valence-corrected chi connectivity index (χ1v) is 14.2. The van der Waals surface area contributed by atoms with Crippen molar-refractivity contribution >= 4 is 53.2 Å². The van der Waals surface area contributed by atoms with Crippen LogP contribution in [0, 0.1) is 24.2 Å². The quantitative estimate of drug-likeness (QED) is 0.376. The molecule has 1 aliphatic heterocycles. The van der Waals surface area contributed by atoms with Gasteiger partial charge in [-0.2, -0.15) is 0 Å². The number of piperidine rings is 1. The molecule has 1 atom stereocenters. The Labute approximate surface area is 217 Å². The Morgan fingerprint density at radius 2 is 1.97 bits per heavy atom. The van der Waals surface area contributed by atoms with Gasteiger partial charge in [-0.25, -0.2) is 0 Å². The van der Waals surface area contributed by atoms with Gasteiger partial charge in [0, 0.05) is 0 Å². The third kappa shape index (κ3) is 5.22. The fourth-order valence-electron chi connectivity index (χ4n) is 4.64. The van der Waals surface area contributed by atoms with Gasteiger partial charge in [0.25, 0.3) is 0 Å². The molecule has 6 nitrogen and oxygen atoms in total. The Balaban J connectivity index is 1.28. The monoisotopic (exact) mass is 537 g/mol. The Morgan fingerprint density at radius 3 is 2.75 bits per heavy atom. The van der Waals surface area contributed by atoms with Gasteiger partial charge in [-0.15, -0.1) is 0 Å². The molecular weight excluding hydrogens is 509 g/mol. The molecule has 2 N–H and O–H groups in total. The SMILES string of the molecule is Cc1c([AsH]c2c(C#N)cncc2/C=C/C2CCN(C(=O)Nc3ccccc3)CC2)ccc2[nH]ccc12. The van der Waals surface area contributed by atoms with Crippen LogP contribution in [0.5, 0.6) is 0 Å². The number of nitrogens with zero attached hydrogens (tertiary/aromatic N) is 3. The molecule has 2 aromatic carbocycles. The van der Waals surface area contributed by atoms with Gasteiger partial charge >= 0.3 is 200 Å². The van der Waals surface area contributed by atoms with Gasteiger partial charge in [-0.05, 0) is 0 Å². The number of nitrogens with one attached hydrogen (secondary N) is 2. The zero-order chi connectivity index (χ0) is 24.9. The standard InChI is InChI=1S/C29H28AsN5O/c1-20-25-11-14-33-27(25)10-9-26(20)30-28-22(18-32-19-23(28)17-31)8-7-21-12-15-35(16-13-21)29(36)34-24-5-3-2-4-6-24/h2-11,14,18-19,21,30,33H,12-13,15-16H2,1H3,(H,34,36)/b8-7+. The summed E-state index contributed by atoms with van der Waals surface area (Å²) in [5, 5.41) is 14.0. The topological polar surface area (TPSA) is 84.8 Å². The number of carbonyl (C=O) groups is 1. The van der Waals surface area contributed by atoms with Crippen LogP contribution in [-0.4, -0.2) is 49.7 Å². The number of nitriles is 1. The second-order valence-corrected chi connectivity index (χ2v) is 11.7. The van der Waals surface area contributed by atoms with E-state index in [1.165, 1.54) is 15.3 Å². The number of aromatic nitrogens is 2. The van der Waals surface area contributed by atoms with E-state index in [4.69, 9.17) is 0 Å². The molecule has 7 heteroatoms. The summed E-state index contributed by atoms with van der Waals surface area (Å²) < 4.78 is 2.46. The molecule has 4 aromatic rings. The number of para-hydroxylation sites is 1. The number of pyridine rings is 1. The summed E-state index contributed by atoms with van der Waals surface area (Å²) in [6, 6.07) is 18.3. The fourth-order valence-corrected chi connectivity index (χ4v) is 7.38. The maximum absolute atomic E-state index is 12.6. The van der Waals surface area contributed by atoms with Crippen molar-refractivity contribution in [1.29, 1.82) is 5.26 Å².